The van der Waals surface area contributed by atoms with Gasteiger partial charge in [-0.3, -0.25) is 4.68 Å². The van der Waals surface area contributed by atoms with Gasteiger partial charge in [0.2, 0.25) is 10.0 Å². The van der Waals surface area contributed by atoms with Crippen LogP contribution < -0.4 is 10.5 Å². The summed E-state index contributed by atoms with van der Waals surface area (Å²) >= 11 is 0. The van der Waals surface area contributed by atoms with Crippen LogP contribution in [0.25, 0.3) is 0 Å². The highest BCUT2D eigenvalue weighted by Gasteiger charge is 2.13. The third-order valence-electron chi connectivity index (χ3n) is 2.74. The highest BCUT2D eigenvalue weighted by atomic mass is 32.2. The van der Waals surface area contributed by atoms with Gasteiger partial charge >= 0.3 is 0 Å². The molecule has 0 aliphatic carbocycles. The summed E-state index contributed by atoms with van der Waals surface area (Å²) < 4.78 is 23.3. The maximum Gasteiger partial charge on any atom is 0.209 e. The second-order valence-electron chi connectivity index (χ2n) is 4.19. The van der Waals surface area contributed by atoms with Crippen LogP contribution in [0.2, 0.25) is 0 Å². The highest BCUT2D eigenvalue weighted by Crippen LogP contribution is 2.08. The molecule has 6 nitrogen and oxygen atoms in total. The number of primary sulfonamides is 1. The van der Waals surface area contributed by atoms with E-state index in [9.17, 15) is 8.42 Å². The molecule has 1 heterocycles. The number of rotatable bonds is 7. The Morgan fingerprint density at radius 2 is 2.18 bits per heavy atom. The van der Waals surface area contributed by atoms with Crippen molar-refractivity contribution < 1.29 is 8.42 Å². The lowest BCUT2D eigenvalue weighted by atomic mass is 10.2. The van der Waals surface area contributed by atoms with Crippen molar-refractivity contribution in [2.75, 3.05) is 12.3 Å². The third-order valence-corrected chi connectivity index (χ3v) is 3.60. The van der Waals surface area contributed by atoms with Crippen LogP contribution in [0.1, 0.15) is 26.3 Å². The van der Waals surface area contributed by atoms with E-state index in [0.29, 0.717) is 13.0 Å². The Labute approximate surface area is 102 Å². The second-order valence-corrected chi connectivity index (χ2v) is 5.92. The van der Waals surface area contributed by atoms with Gasteiger partial charge < -0.3 is 5.32 Å². The maximum absolute atomic E-state index is 10.7. The SMILES string of the molecule is C[C@@H](NCCCS(N)(=O)=O)[C@H](C)n1cccn1. The van der Waals surface area contributed by atoms with E-state index in [1.165, 1.54) is 0 Å². The fourth-order valence-corrected chi connectivity index (χ4v) is 2.07. The summed E-state index contributed by atoms with van der Waals surface area (Å²) in [7, 11) is -3.34. The Kier molecular flexibility index (Phi) is 5.10. The van der Waals surface area contributed by atoms with Crippen molar-refractivity contribution in [3.63, 3.8) is 0 Å². The molecule has 0 unspecified atom stereocenters. The maximum atomic E-state index is 10.7. The van der Waals surface area contributed by atoms with E-state index < -0.39 is 10.0 Å². The number of hydrogen-bond acceptors (Lipinski definition) is 4. The first-order valence-corrected chi connectivity index (χ1v) is 7.34. The van der Waals surface area contributed by atoms with Crippen molar-refractivity contribution in [1.82, 2.24) is 15.1 Å². The zero-order valence-corrected chi connectivity index (χ0v) is 11.0. The summed E-state index contributed by atoms with van der Waals surface area (Å²) in [6.45, 7) is 4.73. The summed E-state index contributed by atoms with van der Waals surface area (Å²) in [5, 5.41) is 12.3. The van der Waals surface area contributed by atoms with Gasteiger partial charge in [-0.25, -0.2) is 13.6 Å². The van der Waals surface area contributed by atoms with E-state index in [-0.39, 0.29) is 17.8 Å². The van der Waals surface area contributed by atoms with Crippen molar-refractivity contribution in [2.45, 2.75) is 32.4 Å². The van der Waals surface area contributed by atoms with Crippen molar-refractivity contribution in [3.8, 4) is 0 Å². The monoisotopic (exact) mass is 260 g/mol. The number of nitrogens with zero attached hydrogens (tertiary/aromatic N) is 2. The lowest BCUT2D eigenvalue weighted by Gasteiger charge is -2.21. The van der Waals surface area contributed by atoms with Gasteiger partial charge in [-0.1, -0.05) is 0 Å². The fraction of sp³-hybridized carbons (Fsp3) is 0.700. The van der Waals surface area contributed by atoms with Crippen molar-refractivity contribution in [3.05, 3.63) is 18.5 Å². The van der Waals surface area contributed by atoms with Gasteiger partial charge in [0.15, 0.2) is 0 Å². The van der Waals surface area contributed by atoms with Crippen LogP contribution in [0, 0.1) is 0 Å². The smallest absolute Gasteiger partial charge is 0.209 e. The zero-order chi connectivity index (χ0) is 12.9. The van der Waals surface area contributed by atoms with E-state index in [1.807, 2.05) is 23.9 Å². The molecule has 0 bridgehead atoms. The van der Waals surface area contributed by atoms with Crippen LogP contribution in [0.15, 0.2) is 18.5 Å². The predicted octanol–water partition coefficient (Wildman–Crippen LogP) is 0.101. The lowest BCUT2D eigenvalue weighted by molar-refractivity contribution is 0.367. The van der Waals surface area contributed by atoms with Crippen molar-refractivity contribution in [2.24, 2.45) is 5.14 Å². The topological polar surface area (TPSA) is 90.0 Å². The number of nitrogens with two attached hydrogens (primary N) is 1. The molecule has 17 heavy (non-hydrogen) atoms. The van der Waals surface area contributed by atoms with Crippen LogP contribution in [0.5, 0.6) is 0 Å². The average molecular weight is 260 g/mol. The quantitative estimate of drug-likeness (QED) is 0.680. The zero-order valence-electron chi connectivity index (χ0n) is 10.2. The Bertz CT molecular complexity index is 416. The number of hydrogen-bond donors (Lipinski definition) is 2. The lowest BCUT2D eigenvalue weighted by Crippen LogP contribution is -2.35. The largest absolute Gasteiger partial charge is 0.312 e. The normalized spacial score (nSPS) is 15.7. The van der Waals surface area contributed by atoms with E-state index in [4.69, 9.17) is 5.14 Å². The minimum absolute atomic E-state index is 0.0167. The fourth-order valence-electron chi connectivity index (χ4n) is 1.52. The van der Waals surface area contributed by atoms with E-state index in [0.717, 1.165) is 0 Å². The first-order chi connectivity index (χ1) is 7.90. The number of nitrogens with one attached hydrogen (secondary N) is 1. The summed E-state index contributed by atoms with van der Waals surface area (Å²) in [6, 6.07) is 2.32. The molecule has 0 radical (unpaired) electrons. The number of aromatic nitrogens is 2. The van der Waals surface area contributed by atoms with Crippen LogP contribution >= 0.6 is 0 Å². The van der Waals surface area contributed by atoms with Crippen LogP contribution in [-0.4, -0.2) is 36.5 Å². The first kappa shape index (κ1) is 14.1. The predicted molar refractivity (Wildman–Crippen MR) is 67.0 cm³/mol. The molecule has 0 aliphatic heterocycles. The molecule has 1 aromatic heterocycles. The van der Waals surface area contributed by atoms with Gasteiger partial charge in [0, 0.05) is 18.4 Å². The average Bonchev–Trinajstić information content (AvgIpc) is 2.74. The summed E-state index contributed by atoms with van der Waals surface area (Å²) in [5.41, 5.74) is 0. The molecule has 0 spiro atoms. The van der Waals surface area contributed by atoms with Gasteiger partial charge in [0.1, 0.15) is 0 Å². The van der Waals surface area contributed by atoms with Gasteiger partial charge in [0.05, 0.1) is 11.8 Å². The summed E-state index contributed by atoms with van der Waals surface area (Å²) in [6.07, 6.45) is 4.17. The molecule has 2 atom stereocenters. The second kappa shape index (κ2) is 6.13. The minimum Gasteiger partial charge on any atom is -0.312 e. The van der Waals surface area contributed by atoms with E-state index in [1.54, 1.807) is 6.20 Å². The standard InChI is InChI=1S/C10H20N4O2S/c1-9(10(2)14-7-3-6-13-14)12-5-4-8-17(11,15)16/h3,6-7,9-10,12H,4-5,8H2,1-2H3,(H2,11,15,16)/t9-,10+/m1/s1. The van der Waals surface area contributed by atoms with Crippen LogP contribution in [0.4, 0.5) is 0 Å². The third kappa shape index (κ3) is 5.29. The molecule has 0 fully saturated rings. The molecule has 7 heteroatoms. The molecule has 0 aromatic carbocycles. The highest BCUT2D eigenvalue weighted by molar-refractivity contribution is 7.89. The van der Waals surface area contributed by atoms with Gasteiger partial charge in [-0.2, -0.15) is 5.10 Å². The van der Waals surface area contributed by atoms with E-state index in [2.05, 4.69) is 17.3 Å². The van der Waals surface area contributed by atoms with Crippen LogP contribution in [-0.2, 0) is 10.0 Å². The van der Waals surface area contributed by atoms with Gasteiger partial charge in [-0.05, 0) is 32.9 Å². The van der Waals surface area contributed by atoms with Gasteiger partial charge in [-0.15, -0.1) is 0 Å². The minimum atomic E-state index is -3.34. The first-order valence-electron chi connectivity index (χ1n) is 5.63. The van der Waals surface area contributed by atoms with Crippen molar-refractivity contribution >= 4 is 10.0 Å². The molecular weight excluding hydrogens is 240 g/mol. The number of sulfonamides is 1. The van der Waals surface area contributed by atoms with Gasteiger partial charge in [0.25, 0.3) is 0 Å². The summed E-state index contributed by atoms with van der Waals surface area (Å²) in [4.78, 5) is 0. The molecule has 1 rings (SSSR count). The summed E-state index contributed by atoms with van der Waals surface area (Å²) in [5.74, 6) is 0.0167. The molecule has 3 N–H and O–H groups in total. The Morgan fingerprint density at radius 1 is 1.47 bits per heavy atom. The van der Waals surface area contributed by atoms with E-state index >= 15 is 0 Å². The Morgan fingerprint density at radius 3 is 2.71 bits per heavy atom. The Hall–Kier alpha value is -0.920. The van der Waals surface area contributed by atoms with Crippen LogP contribution in [0.3, 0.4) is 0 Å². The molecule has 1 aromatic rings. The Balaban J connectivity index is 2.28. The molecule has 0 aliphatic rings. The molecule has 98 valence electrons. The molecule has 0 saturated carbocycles. The molecule has 0 saturated heterocycles. The molecular formula is C10H20N4O2S. The molecule has 0 amide bonds. The van der Waals surface area contributed by atoms with Crippen molar-refractivity contribution in [1.29, 1.82) is 0 Å².